The van der Waals surface area contributed by atoms with Crippen LogP contribution in [0.3, 0.4) is 0 Å². The van der Waals surface area contributed by atoms with Gasteiger partial charge in [-0.1, -0.05) is 35.9 Å². The number of benzene rings is 2. The molecule has 4 rings (SSSR count). The minimum absolute atomic E-state index is 0.0524. The van der Waals surface area contributed by atoms with E-state index in [2.05, 4.69) is 0 Å². The first-order valence-corrected chi connectivity index (χ1v) is 8.86. The molecule has 1 fully saturated rings. The molecule has 5 heteroatoms. The molecule has 5 nitrogen and oxygen atoms in total. The van der Waals surface area contributed by atoms with Gasteiger partial charge in [0, 0.05) is 32.4 Å². The zero-order valence-corrected chi connectivity index (χ0v) is 15.2. The van der Waals surface area contributed by atoms with E-state index in [0.29, 0.717) is 13.0 Å². The van der Waals surface area contributed by atoms with Gasteiger partial charge < -0.3 is 9.64 Å². The van der Waals surface area contributed by atoms with Crippen molar-refractivity contribution in [2.75, 3.05) is 11.4 Å². The zero-order valence-electron chi connectivity index (χ0n) is 15.2. The van der Waals surface area contributed by atoms with Crippen LogP contribution in [0.5, 0.6) is 5.75 Å². The molecule has 2 aromatic carbocycles. The first-order chi connectivity index (χ1) is 12.4. The molecule has 0 bridgehead atoms. The molecule has 0 unspecified atom stereocenters. The number of hydrogen-bond donors (Lipinski definition) is 0. The monoisotopic (exact) mass is 350 g/mol. The number of aryl methyl sites for hydroxylation is 1. The lowest BCUT2D eigenvalue weighted by molar-refractivity contribution is -0.132. The van der Waals surface area contributed by atoms with Crippen LogP contribution in [0.2, 0.25) is 0 Å². The minimum atomic E-state index is -0.747. The molecular weight excluding hydrogens is 328 g/mol. The molecule has 134 valence electrons. The van der Waals surface area contributed by atoms with Crippen molar-refractivity contribution in [1.82, 2.24) is 4.90 Å². The highest BCUT2D eigenvalue weighted by Gasteiger charge is 2.61. The molecule has 2 aromatic rings. The molecule has 2 amide bonds. The van der Waals surface area contributed by atoms with Crippen LogP contribution in [0, 0.1) is 6.92 Å². The van der Waals surface area contributed by atoms with E-state index >= 15 is 0 Å². The van der Waals surface area contributed by atoms with Crippen LogP contribution in [0.15, 0.2) is 48.5 Å². The van der Waals surface area contributed by atoms with Crippen molar-refractivity contribution in [2.24, 2.45) is 0 Å². The summed E-state index contributed by atoms with van der Waals surface area (Å²) in [4.78, 5) is 28.2. The highest BCUT2D eigenvalue weighted by Crippen LogP contribution is 2.52. The third kappa shape index (κ3) is 2.30. The summed E-state index contributed by atoms with van der Waals surface area (Å²) in [6.07, 6.45) is 0.183. The number of likely N-dealkylation sites (tertiary alicyclic amines) is 1. The molecule has 0 radical (unpaired) electrons. The largest absolute Gasteiger partial charge is 0.478 e. The van der Waals surface area contributed by atoms with Crippen molar-refractivity contribution < 1.29 is 14.3 Å². The number of fused-ring (bicyclic) bond motifs is 3. The second-order valence-corrected chi connectivity index (χ2v) is 7.05. The number of anilines is 1. The maximum Gasteiger partial charge on any atom is 0.225 e. The van der Waals surface area contributed by atoms with Crippen LogP contribution in [-0.4, -0.2) is 29.4 Å². The molecule has 0 aromatic heterocycles. The van der Waals surface area contributed by atoms with Crippen LogP contribution < -0.4 is 9.64 Å². The van der Waals surface area contributed by atoms with Crippen molar-refractivity contribution in [1.29, 1.82) is 0 Å². The summed E-state index contributed by atoms with van der Waals surface area (Å²) in [7, 11) is 0. The summed E-state index contributed by atoms with van der Waals surface area (Å²) < 4.78 is 6.54. The standard InChI is InChI=1S/C21H22N2O3/c1-14-8-10-17(11-9-14)26-21-12-13-22(15(2)24)20(21)23(16(3)25)19-7-5-4-6-18(19)21/h4-11,20H,12-13H2,1-3H3/t20-,21-/m1/s1. The zero-order chi connectivity index (χ0) is 18.5. The summed E-state index contributed by atoms with van der Waals surface area (Å²) in [6, 6.07) is 15.7. The summed E-state index contributed by atoms with van der Waals surface area (Å²) in [6.45, 7) is 5.67. The fourth-order valence-corrected chi connectivity index (χ4v) is 4.23. The Bertz CT molecular complexity index is 877. The van der Waals surface area contributed by atoms with E-state index in [1.807, 2.05) is 55.5 Å². The van der Waals surface area contributed by atoms with Gasteiger partial charge in [0.05, 0.1) is 5.69 Å². The molecule has 2 aliphatic heterocycles. The molecule has 0 N–H and O–H groups in total. The lowest BCUT2D eigenvalue weighted by atomic mass is 9.92. The normalized spacial score (nSPS) is 23.6. The summed E-state index contributed by atoms with van der Waals surface area (Å²) >= 11 is 0. The molecule has 0 spiro atoms. The first-order valence-electron chi connectivity index (χ1n) is 8.86. The van der Waals surface area contributed by atoms with E-state index < -0.39 is 11.8 Å². The van der Waals surface area contributed by atoms with Gasteiger partial charge >= 0.3 is 0 Å². The Hall–Kier alpha value is -2.82. The molecule has 0 saturated carbocycles. The number of hydrogen-bond acceptors (Lipinski definition) is 3. The van der Waals surface area contributed by atoms with Crippen molar-refractivity contribution in [3.8, 4) is 5.75 Å². The number of carbonyl (C=O) groups excluding carboxylic acids is 2. The highest BCUT2D eigenvalue weighted by atomic mass is 16.5. The number of carbonyl (C=O) groups is 2. The highest BCUT2D eigenvalue weighted by molar-refractivity contribution is 5.96. The molecule has 26 heavy (non-hydrogen) atoms. The van der Waals surface area contributed by atoms with E-state index in [4.69, 9.17) is 4.74 Å². The molecule has 2 aliphatic rings. The number of amides is 2. The van der Waals surface area contributed by atoms with Gasteiger partial charge in [0.25, 0.3) is 0 Å². The van der Waals surface area contributed by atoms with Gasteiger partial charge in [-0.2, -0.15) is 0 Å². The predicted molar refractivity (Wildman–Crippen MR) is 98.9 cm³/mol. The third-order valence-electron chi connectivity index (χ3n) is 5.37. The van der Waals surface area contributed by atoms with Crippen LogP contribution in [0.25, 0.3) is 0 Å². The first kappa shape index (κ1) is 16.6. The summed E-state index contributed by atoms with van der Waals surface area (Å²) in [5.41, 5.74) is 2.19. The van der Waals surface area contributed by atoms with Crippen molar-refractivity contribution in [2.45, 2.75) is 39.0 Å². The summed E-state index contributed by atoms with van der Waals surface area (Å²) in [5.74, 6) is 0.597. The van der Waals surface area contributed by atoms with Gasteiger partial charge in [-0.05, 0) is 25.1 Å². The topological polar surface area (TPSA) is 49.9 Å². The Morgan fingerprint density at radius 1 is 1.04 bits per heavy atom. The van der Waals surface area contributed by atoms with Crippen LogP contribution in [-0.2, 0) is 15.2 Å². The molecule has 1 saturated heterocycles. The van der Waals surface area contributed by atoms with Crippen molar-refractivity contribution >= 4 is 17.5 Å². The van der Waals surface area contributed by atoms with E-state index in [-0.39, 0.29) is 11.8 Å². The number of rotatable bonds is 2. The lowest BCUT2D eigenvalue weighted by Crippen LogP contribution is -2.54. The smallest absolute Gasteiger partial charge is 0.225 e. The Kier molecular flexibility index (Phi) is 3.75. The fourth-order valence-electron chi connectivity index (χ4n) is 4.23. The van der Waals surface area contributed by atoms with Crippen LogP contribution in [0.1, 0.15) is 31.4 Å². The van der Waals surface area contributed by atoms with Gasteiger partial charge in [0.2, 0.25) is 11.8 Å². The molecule has 2 heterocycles. The third-order valence-corrected chi connectivity index (χ3v) is 5.37. The Morgan fingerprint density at radius 2 is 1.73 bits per heavy atom. The Labute approximate surface area is 153 Å². The van der Waals surface area contributed by atoms with E-state index in [0.717, 1.165) is 22.6 Å². The van der Waals surface area contributed by atoms with E-state index in [1.165, 1.54) is 6.92 Å². The van der Waals surface area contributed by atoms with Crippen LogP contribution >= 0.6 is 0 Å². The number of nitrogens with zero attached hydrogens (tertiary/aromatic N) is 2. The Morgan fingerprint density at radius 3 is 2.38 bits per heavy atom. The van der Waals surface area contributed by atoms with Crippen molar-refractivity contribution in [3.63, 3.8) is 0 Å². The van der Waals surface area contributed by atoms with E-state index in [9.17, 15) is 9.59 Å². The predicted octanol–water partition coefficient (Wildman–Crippen LogP) is 3.21. The quantitative estimate of drug-likeness (QED) is 0.836. The average molecular weight is 350 g/mol. The van der Waals surface area contributed by atoms with Gasteiger partial charge in [-0.3, -0.25) is 14.5 Å². The van der Waals surface area contributed by atoms with Gasteiger partial charge in [0.15, 0.2) is 11.8 Å². The molecule has 0 aliphatic carbocycles. The fraction of sp³-hybridized carbons (Fsp3) is 0.333. The summed E-state index contributed by atoms with van der Waals surface area (Å²) in [5, 5.41) is 0. The Balaban J connectivity index is 1.87. The lowest BCUT2D eigenvalue weighted by Gasteiger charge is -2.36. The van der Waals surface area contributed by atoms with Crippen LogP contribution in [0.4, 0.5) is 5.69 Å². The van der Waals surface area contributed by atoms with E-state index in [1.54, 1.807) is 16.7 Å². The minimum Gasteiger partial charge on any atom is -0.478 e. The van der Waals surface area contributed by atoms with Crippen molar-refractivity contribution in [3.05, 3.63) is 59.7 Å². The van der Waals surface area contributed by atoms with Gasteiger partial charge in [-0.25, -0.2) is 0 Å². The second-order valence-electron chi connectivity index (χ2n) is 7.05. The van der Waals surface area contributed by atoms with Gasteiger partial charge in [-0.15, -0.1) is 0 Å². The maximum absolute atomic E-state index is 12.5. The molecular formula is C21H22N2O3. The second kappa shape index (κ2) is 5.87. The average Bonchev–Trinajstić information content (AvgIpc) is 3.09. The maximum atomic E-state index is 12.5. The molecule has 2 atom stereocenters. The number of para-hydroxylation sites is 1. The number of ether oxygens (including phenoxy) is 1. The SMILES string of the molecule is CC(=O)N1CC[C@@]2(Oc3ccc(C)cc3)c3ccccc3N(C(C)=O)[C@@H]12. The van der Waals surface area contributed by atoms with Gasteiger partial charge in [0.1, 0.15) is 5.75 Å².